The number of carbonyl (C=O) groups is 1. The monoisotopic (exact) mass is 250 g/mol. The molecule has 0 saturated carbocycles. The first-order valence-corrected chi connectivity index (χ1v) is 5.16. The molecule has 17 heavy (non-hydrogen) atoms. The molecule has 5 heteroatoms. The van der Waals surface area contributed by atoms with Gasteiger partial charge in [-0.3, -0.25) is 9.78 Å². The number of amides is 1. The fraction of sp³-hybridized carbons (Fsp3) is 0. The van der Waals surface area contributed by atoms with Crippen molar-refractivity contribution in [2.24, 2.45) is 5.73 Å². The Bertz CT molecular complexity index is 586. The van der Waals surface area contributed by atoms with Gasteiger partial charge in [0.15, 0.2) is 0 Å². The summed E-state index contributed by atoms with van der Waals surface area (Å²) in [7, 11) is 0. The number of benzene rings is 1. The summed E-state index contributed by atoms with van der Waals surface area (Å²) in [4.78, 5) is 14.9. The molecule has 2 N–H and O–H groups in total. The van der Waals surface area contributed by atoms with E-state index in [0.717, 1.165) is 0 Å². The van der Waals surface area contributed by atoms with E-state index in [0.29, 0.717) is 11.1 Å². The van der Waals surface area contributed by atoms with E-state index in [-0.39, 0.29) is 10.6 Å². The molecule has 0 fully saturated rings. The highest BCUT2D eigenvalue weighted by atomic mass is 35.5. The molecule has 2 rings (SSSR count). The summed E-state index contributed by atoms with van der Waals surface area (Å²) in [5.74, 6) is -0.990. The van der Waals surface area contributed by atoms with Crippen LogP contribution in [-0.4, -0.2) is 10.9 Å². The maximum Gasteiger partial charge on any atom is 0.250 e. The molecule has 1 heterocycles. The fourth-order valence-corrected chi connectivity index (χ4v) is 1.72. The molecule has 0 bridgehead atoms. The van der Waals surface area contributed by atoms with Crippen LogP contribution in [0, 0.1) is 5.82 Å². The molecule has 0 aliphatic carbocycles. The van der Waals surface area contributed by atoms with Crippen molar-refractivity contribution >= 4 is 17.5 Å². The second kappa shape index (κ2) is 4.51. The van der Waals surface area contributed by atoms with Gasteiger partial charge in [0, 0.05) is 23.5 Å². The number of hydrogen-bond donors (Lipinski definition) is 1. The van der Waals surface area contributed by atoms with Gasteiger partial charge < -0.3 is 5.73 Å². The molecule has 1 amide bonds. The van der Waals surface area contributed by atoms with Crippen LogP contribution in [0.5, 0.6) is 0 Å². The molecule has 2 aromatic rings. The lowest BCUT2D eigenvalue weighted by Crippen LogP contribution is -2.11. The Balaban J connectivity index is 2.53. The number of carbonyl (C=O) groups excluding carboxylic acids is 1. The molecule has 86 valence electrons. The lowest BCUT2D eigenvalue weighted by atomic mass is 10.1. The van der Waals surface area contributed by atoms with Gasteiger partial charge in [-0.25, -0.2) is 4.39 Å². The van der Waals surface area contributed by atoms with Crippen LogP contribution in [-0.2, 0) is 0 Å². The van der Waals surface area contributed by atoms with Gasteiger partial charge in [0.05, 0.1) is 10.6 Å². The van der Waals surface area contributed by atoms with Crippen LogP contribution >= 0.6 is 11.6 Å². The number of nitrogens with two attached hydrogens (primary N) is 1. The first-order valence-electron chi connectivity index (χ1n) is 4.78. The van der Waals surface area contributed by atoms with Crippen LogP contribution in [0.25, 0.3) is 11.1 Å². The lowest BCUT2D eigenvalue weighted by Gasteiger charge is -2.05. The maximum absolute atomic E-state index is 12.9. The minimum Gasteiger partial charge on any atom is -0.366 e. The van der Waals surface area contributed by atoms with E-state index >= 15 is 0 Å². The third-order valence-electron chi connectivity index (χ3n) is 2.26. The zero-order valence-electron chi connectivity index (χ0n) is 8.65. The number of halogens is 2. The van der Waals surface area contributed by atoms with Crippen molar-refractivity contribution in [1.29, 1.82) is 0 Å². The van der Waals surface area contributed by atoms with Crippen LogP contribution < -0.4 is 5.73 Å². The number of primary amides is 1. The smallest absolute Gasteiger partial charge is 0.250 e. The van der Waals surface area contributed by atoms with Gasteiger partial charge in [0.25, 0.3) is 0 Å². The second-order valence-electron chi connectivity index (χ2n) is 3.45. The molecule has 0 aliphatic heterocycles. The standard InChI is InChI=1S/C12H8ClFN2O/c13-11-4-9(14)1-2-10(11)7-3-8(12(15)17)6-16-5-7/h1-6H,(H2,15,17). The van der Waals surface area contributed by atoms with Crippen molar-refractivity contribution in [3.05, 3.63) is 53.1 Å². The van der Waals surface area contributed by atoms with Crippen molar-refractivity contribution in [2.75, 3.05) is 0 Å². The first kappa shape index (κ1) is 11.5. The largest absolute Gasteiger partial charge is 0.366 e. The van der Waals surface area contributed by atoms with Crippen LogP contribution in [0.1, 0.15) is 10.4 Å². The summed E-state index contributed by atoms with van der Waals surface area (Å²) in [6.45, 7) is 0. The summed E-state index contributed by atoms with van der Waals surface area (Å²) >= 11 is 5.91. The van der Waals surface area contributed by atoms with Crippen LogP contribution in [0.3, 0.4) is 0 Å². The molecule has 0 radical (unpaired) electrons. The number of aromatic nitrogens is 1. The summed E-state index contributed by atoms with van der Waals surface area (Å²) in [5.41, 5.74) is 6.65. The van der Waals surface area contributed by atoms with Crippen molar-refractivity contribution < 1.29 is 9.18 Å². The third kappa shape index (κ3) is 2.42. The molecular formula is C12H8ClFN2O. The lowest BCUT2D eigenvalue weighted by molar-refractivity contribution is 0.1000. The van der Waals surface area contributed by atoms with E-state index in [9.17, 15) is 9.18 Å². The molecule has 0 saturated heterocycles. The summed E-state index contributed by atoms with van der Waals surface area (Å²) < 4.78 is 12.9. The molecular weight excluding hydrogens is 243 g/mol. The van der Waals surface area contributed by atoms with Crippen molar-refractivity contribution in [2.45, 2.75) is 0 Å². The minimum atomic E-state index is -0.572. The number of pyridine rings is 1. The highest BCUT2D eigenvalue weighted by Crippen LogP contribution is 2.28. The van der Waals surface area contributed by atoms with Crippen LogP contribution in [0.15, 0.2) is 36.7 Å². The van der Waals surface area contributed by atoms with E-state index in [1.165, 1.54) is 30.6 Å². The van der Waals surface area contributed by atoms with Gasteiger partial charge in [-0.2, -0.15) is 0 Å². The number of nitrogens with zero attached hydrogens (tertiary/aromatic N) is 1. The van der Waals surface area contributed by atoms with Crippen molar-refractivity contribution in [3.63, 3.8) is 0 Å². The van der Waals surface area contributed by atoms with Crippen LogP contribution in [0.4, 0.5) is 4.39 Å². The molecule has 0 spiro atoms. The maximum atomic E-state index is 12.9. The third-order valence-corrected chi connectivity index (χ3v) is 2.58. The van der Waals surface area contributed by atoms with Gasteiger partial charge in [-0.15, -0.1) is 0 Å². The normalized spacial score (nSPS) is 10.2. The molecule has 0 aliphatic rings. The van der Waals surface area contributed by atoms with E-state index < -0.39 is 11.7 Å². The second-order valence-corrected chi connectivity index (χ2v) is 3.86. The van der Waals surface area contributed by atoms with Crippen LogP contribution in [0.2, 0.25) is 5.02 Å². The fourth-order valence-electron chi connectivity index (χ4n) is 1.45. The Morgan fingerprint density at radius 2 is 2.06 bits per heavy atom. The summed E-state index contributed by atoms with van der Waals surface area (Å²) in [6.07, 6.45) is 2.90. The predicted octanol–water partition coefficient (Wildman–Crippen LogP) is 2.64. The Morgan fingerprint density at radius 1 is 1.29 bits per heavy atom. The Labute approximate surface area is 102 Å². The van der Waals surface area contributed by atoms with E-state index in [4.69, 9.17) is 17.3 Å². The first-order chi connectivity index (χ1) is 8.08. The molecule has 0 atom stereocenters. The highest BCUT2D eigenvalue weighted by molar-refractivity contribution is 6.33. The van der Waals surface area contributed by atoms with Gasteiger partial charge >= 0.3 is 0 Å². The molecule has 3 nitrogen and oxygen atoms in total. The van der Waals surface area contributed by atoms with E-state index in [1.807, 2.05) is 0 Å². The summed E-state index contributed by atoms with van der Waals surface area (Å²) in [6, 6.07) is 5.58. The molecule has 1 aromatic heterocycles. The quantitative estimate of drug-likeness (QED) is 0.891. The molecule has 0 unspecified atom stereocenters. The Morgan fingerprint density at radius 3 is 2.71 bits per heavy atom. The number of rotatable bonds is 2. The van der Waals surface area contributed by atoms with Gasteiger partial charge in [0.1, 0.15) is 5.82 Å². The SMILES string of the molecule is NC(=O)c1cncc(-c2ccc(F)cc2Cl)c1. The van der Waals surface area contributed by atoms with Crippen molar-refractivity contribution in [1.82, 2.24) is 4.98 Å². The Kier molecular flexibility index (Phi) is 3.06. The zero-order chi connectivity index (χ0) is 12.4. The topological polar surface area (TPSA) is 56.0 Å². The molecule has 1 aromatic carbocycles. The highest BCUT2D eigenvalue weighted by Gasteiger charge is 2.08. The van der Waals surface area contributed by atoms with Crippen molar-refractivity contribution in [3.8, 4) is 11.1 Å². The van der Waals surface area contributed by atoms with E-state index in [2.05, 4.69) is 4.98 Å². The average Bonchev–Trinajstić information content (AvgIpc) is 2.29. The van der Waals surface area contributed by atoms with Gasteiger partial charge in [-0.1, -0.05) is 11.6 Å². The minimum absolute atomic E-state index is 0.258. The Hall–Kier alpha value is -1.94. The van der Waals surface area contributed by atoms with E-state index in [1.54, 1.807) is 6.07 Å². The van der Waals surface area contributed by atoms with Gasteiger partial charge in [0.2, 0.25) is 5.91 Å². The zero-order valence-corrected chi connectivity index (χ0v) is 9.41. The summed E-state index contributed by atoms with van der Waals surface area (Å²) in [5, 5.41) is 0.258. The predicted molar refractivity (Wildman–Crippen MR) is 63.2 cm³/mol. The number of hydrogen-bond acceptors (Lipinski definition) is 2. The average molecular weight is 251 g/mol. The van der Waals surface area contributed by atoms with Gasteiger partial charge in [-0.05, 0) is 24.3 Å².